The number of rotatable bonds is 8. The number of hydrogen-bond donors (Lipinski definition) is 2. The van der Waals surface area contributed by atoms with E-state index < -0.39 is 0 Å². The number of amides is 1. The topological polar surface area (TPSA) is 44.4 Å². The van der Waals surface area contributed by atoms with Crippen molar-refractivity contribution in [2.75, 3.05) is 39.8 Å². The van der Waals surface area contributed by atoms with Gasteiger partial charge in [-0.05, 0) is 13.1 Å². The number of hydrogen-bond acceptors (Lipinski definition) is 3. The molecule has 0 atom stereocenters. The predicted molar refractivity (Wildman–Crippen MR) is 59.3 cm³/mol. The largest absolute Gasteiger partial charge is 0.359 e. The first-order valence-electron chi connectivity index (χ1n) is 5.38. The van der Waals surface area contributed by atoms with E-state index in [1.807, 2.05) is 0 Å². The van der Waals surface area contributed by atoms with Crippen LogP contribution in [0.5, 0.6) is 0 Å². The van der Waals surface area contributed by atoms with Gasteiger partial charge < -0.3 is 15.5 Å². The normalized spacial score (nSPS) is 10.6. The summed E-state index contributed by atoms with van der Waals surface area (Å²) < 4.78 is 0. The van der Waals surface area contributed by atoms with Gasteiger partial charge in [-0.2, -0.15) is 0 Å². The van der Waals surface area contributed by atoms with E-state index in [0.29, 0.717) is 6.42 Å². The molecule has 0 aromatic carbocycles. The third-order valence-electron chi connectivity index (χ3n) is 2.31. The summed E-state index contributed by atoms with van der Waals surface area (Å²) in [5.41, 5.74) is 0. The molecule has 0 unspecified atom stereocenters. The van der Waals surface area contributed by atoms with E-state index in [4.69, 9.17) is 0 Å². The van der Waals surface area contributed by atoms with E-state index in [9.17, 15) is 4.79 Å². The lowest BCUT2D eigenvalue weighted by atomic mass is 10.4. The van der Waals surface area contributed by atoms with Gasteiger partial charge in [-0.25, -0.2) is 0 Å². The highest BCUT2D eigenvalue weighted by molar-refractivity contribution is 5.75. The third-order valence-corrected chi connectivity index (χ3v) is 2.31. The highest BCUT2D eigenvalue weighted by atomic mass is 16.1. The number of likely N-dealkylation sites (N-methyl/N-ethyl adjacent to an activating group) is 1. The predicted octanol–water partition coefficient (Wildman–Crippen LogP) is 0.0539. The highest BCUT2D eigenvalue weighted by Gasteiger charge is 1.99. The Kier molecular flexibility index (Phi) is 8.57. The van der Waals surface area contributed by atoms with Gasteiger partial charge in [0.2, 0.25) is 5.91 Å². The molecule has 0 aromatic heterocycles. The fourth-order valence-corrected chi connectivity index (χ4v) is 1.23. The first-order chi connectivity index (χ1) is 6.74. The van der Waals surface area contributed by atoms with Crippen molar-refractivity contribution in [1.29, 1.82) is 0 Å². The molecule has 4 nitrogen and oxygen atoms in total. The van der Waals surface area contributed by atoms with Gasteiger partial charge in [0, 0.05) is 33.1 Å². The van der Waals surface area contributed by atoms with Crippen LogP contribution in [0.25, 0.3) is 0 Å². The average Bonchev–Trinajstić information content (AvgIpc) is 2.23. The van der Waals surface area contributed by atoms with Crippen LogP contribution in [-0.2, 0) is 4.79 Å². The highest BCUT2D eigenvalue weighted by Crippen LogP contribution is 1.84. The Hall–Kier alpha value is -0.610. The van der Waals surface area contributed by atoms with Gasteiger partial charge >= 0.3 is 0 Å². The van der Waals surface area contributed by atoms with Crippen molar-refractivity contribution >= 4 is 5.91 Å². The maximum absolute atomic E-state index is 10.9. The van der Waals surface area contributed by atoms with Gasteiger partial charge in [-0.15, -0.1) is 0 Å². The van der Waals surface area contributed by atoms with Crippen molar-refractivity contribution in [3.05, 3.63) is 0 Å². The summed E-state index contributed by atoms with van der Waals surface area (Å²) in [6.45, 7) is 9.28. The Bertz CT molecular complexity index is 146. The second-order valence-electron chi connectivity index (χ2n) is 3.20. The first kappa shape index (κ1) is 13.4. The molecule has 0 spiro atoms. The van der Waals surface area contributed by atoms with Crippen LogP contribution >= 0.6 is 0 Å². The quantitative estimate of drug-likeness (QED) is 0.546. The summed E-state index contributed by atoms with van der Waals surface area (Å²) in [4.78, 5) is 13.2. The van der Waals surface area contributed by atoms with Crippen LogP contribution in [0, 0.1) is 0 Å². The average molecular weight is 201 g/mol. The maximum atomic E-state index is 10.9. The molecular formula is C10H23N3O. The summed E-state index contributed by atoms with van der Waals surface area (Å²) in [5, 5.41) is 5.84. The van der Waals surface area contributed by atoms with Crippen molar-refractivity contribution in [3.8, 4) is 0 Å². The molecule has 0 heterocycles. The fraction of sp³-hybridized carbons (Fsp3) is 0.900. The Morgan fingerprint density at radius 2 is 1.86 bits per heavy atom. The smallest absolute Gasteiger partial charge is 0.221 e. The molecule has 0 rings (SSSR count). The number of carbonyl (C=O) groups excluding carboxylic acids is 1. The standard InChI is InChI=1S/C10H23N3O/c1-4-13(5-2)9-8-12-7-6-10(14)11-3/h12H,4-9H2,1-3H3,(H,11,14). The summed E-state index contributed by atoms with van der Waals surface area (Å²) in [5.74, 6) is 0.0975. The zero-order valence-corrected chi connectivity index (χ0v) is 9.60. The van der Waals surface area contributed by atoms with E-state index in [-0.39, 0.29) is 5.91 Å². The molecule has 0 aliphatic heterocycles. The lowest BCUT2D eigenvalue weighted by Gasteiger charge is -2.17. The van der Waals surface area contributed by atoms with Crippen LogP contribution in [0.4, 0.5) is 0 Å². The van der Waals surface area contributed by atoms with E-state index in [2.05, 4.69) is 29.4 Å². The van der Waals surface area contributed by atoms with Gasteiger partial charge in [0.05, 0.1) is 0 Å². The molecule has 0 saturated carbocycles. The minimum atomic E-state index is 0.0975. The first-order valence-corrected chi connectivity index (χ1v) is 5.38. The molecule has 0 aliphatic rings. The van der Waals surface area contributed by atoms with Crippen LogP contribution in [0.15, 0.2) is 0 Å². The van der Waals surface area contributed by atoms with Crippen molar-refractivity contribution in [2.45, 2.75) is 20.3 Å². The lowest BCUT2D eigenvalue weighted by molar-refractivity contribution is -0.120. The van der Waals surface area contributed by atoms with E-state index >= 15 is 0 Å². The number of carbonyl (C=O) groups is 1. The summed E-state index contributed by atoms with van der Waals surface area (Å²) in [6, 6.07) is 0. The summed E-state index contributed by atoms with van der Waals surface area (Å²) in [6.07, 6.45) is 0.564. The van der Waals surface area contributed by atoms with Crippen LogP contribution in [0.3, 0.4) is 0 Å². The third kappa shape index (κ3) is 6.86. The molecule has 0 bridgehead atoms. The Morgan fingerprint density at radius 1 is 1.21 bits per heavy atom. The van der Waals surface area contributed by atoms with Crippen molar-refractivity contribution in [1.82, 2.24) is 15.5 Å². The van der Waals surface area contributed by atoms with Gasteiger partial charge in [-0.1, -0.05) is 13.8 Å². The summed E-state index contributed by atoms with van der Waals surface area (Å²) in [7, 11) is 1.66. The van der Waals surface area contributed by atoms with Gasteiger partial charge in [-0.3, -0.25) is 4.79 Å². The van der Waals surface area contributed by atoms with Crippen LogP contribution < -0.4 is 10.6 Å². The van der Waals surface area contributed by atoms with E-state index in [1.165, 1.54) is 0 Å². The number of nitrogens with zero attached hydrogens (tertiary/aromatic N) is 1. The van der Waals surface area contributed by atoms with Crippen LogP contribution in [0.2, 0.25) is 0 Å². The SMILES string of the molecule is CCN(CC)CCNCCC(=O)NC. The Balaban J connectivity index is 3.24. The molecule has 84 valence electrons. The van der Waals surface area contributed by atoms with Crippen molar-refractivity contribution in [3.63, 3.8) is 0 Å². The van der Waals surface area contributed by atoms with Crippen LogP contribution in [0.1, 0.15) is 20.3 Å². The Labute approximate surface area is 87.0 Å². The minimum Gasteiger partial charge on any atom is -0.359 e. The van der Waals surface area contributed by atoms with Crippen LogP contribution in [-0.4, -0.2) is 50.6 Å². The maximum Gasteiger partial charge on any atom is 0.221 e. The molecule has 0 saturated heterocycles. The second-order valence-corrected chi connectivity index (χ2v) is 3.20. The molecule has 1 amide bonds. The molecule has 2 N–H and O–H groups in total. The Morgan fingerprint density at radius 3 is 2.36 bits per heavy atom. The fourth-order valence-electron chi connectivity index (χ4n) is 1.23. The van der Waals surface area contributed by atoms with E-state index in [1.54, 1.807) is 7.05 Å². The molecule has 0 radical (unpaired) electrons. The van der Waals surface area contributed by atoms with Crippen molar-refractivity contribution < 1.29 is 4.79 Å². The second kappa shape index (κ2) is 8.97. The molecular weight excluding hydrogens is 178 g/mol. The molecule has 0 aromatic rings. The van der Waals surface area contributed by atoms with Gasteiger partial charge in [0.1, 0.15) is 0 Å². The lowest BCUT2D eigenvalue weighted by Crippen LogP contribution is -2.33. The van der Waals surface area contributed by atoms with E-state index in [0.717, 1.165) is 32.7 Å². The zero-order chi connectivity index (χ0) is 10.8. The van der Waals surface area contributed by atoms with Gasteiger partial charge in [0.25, 0.3) is 0 Å². The molecule has 14 heavy (non-hydrogen) atoms. The zero-order valence-electron chi connectivity index (χ0n) is 9.60. The van der Waals surface area contributed by atoms with Crippen molar-refractivity contribution in [2.24, 2.45) is 0 Å². The summed E-state index contributed by atoms with van der Waals surface area (Å²) >= 11 is 0. The molecule has 0 fully saturated rings. The van der Waals surface area contributed by atoms with Gasteiger partial charge in [0.15, 0.2) is 0 Å². The number of nitrogens with one attached hydrogen (secondary N) is 2. The molecule has 4 heteroatoms. The minimum absolute atomic E-state index is 0.0975. The monoisotopic (exact) mass is 201 g/mol. The molecule has 0 aliphatic carbocycles.